The van der Waals surface area contributed by atoms with E-state index in [4.69, 9.17) is 3.40 Å². The van der Waals surface area contributed by atoms with Crippen molar-refractivity contribution in [1.29, 1.82) is 0 Å². The summed E-state index contributed by atoms with van der Waals surface area (Å²) in [6.45, 7) is 0. The summed E-state index contributed by atoms with van der Waals surface area (Å²) < 4.78 is 8.33. The van der Waals surface area contributed by atoms with E-state index in [1.165, 1.54) is 0 Å². The molecule has 0 aliphatic rings. The van der Waals surface area contributed by atoms with Gasteiger partial charge in [-0.1, -0.05) is 0 Å². The van der Waals surface area contributed by atoms with Gasteiger partial charge in [0.25, 0.3) is 0 Å². The Morgan fingerprint density at radius 2 is 1.25 bits per heavy atom. The Labute approximate surface area is 62.5 Å². The van der Waals surface area contributed by atoms with Crippen molar-refractivity contribution in [3.63, 3.8) is 0 Å². The maximum atomic E-state index is 8.33. The minimum Gasteiger partial charge on any atom is 0 e. The van der Waals surface area contributed by atoms with Gasteiger partial charge in [-0.25, -0.2) is 0 Å². The summed E-state index contributed by atoms with van der Waals surface area (Å²) in [7, 11) is 0. The average Bonchev–Trinajstić information content (AvgIpc) is 1.00. The topological polar surface area (TPSA) is 17.1 Å². The van der Waals surface area contributed by atoms with Crippen LogP contribution in [-0.4, -0.2) is 0 Å². The van der Waals surface area contributed by atoms with Crippen molar-refractivity contribution < 1.29 is 63.1 Å². The van der Waals surface area contributed by atoms with E-state index in [2.05, 4.69) is 0 Å². The van der Waals surface area contributed by atoms with Crippen LogP contribution in [0.5, 0.6) is 0 Å². The average molecular weight is 489 g/mol. The fourth-order valence-electron chi connectivity index (χ4n) is 0. The van der Waals surface area contributed by atoms with E-state index < -0.39 is 0 Å². The first kappa shape index (κ1) is 17.1. The fourth-order valence-corrected chi connectivity index (χ4v) is 0. The molecule has 0 N–H and O–H groups in total. The Kier molecular flexibility index (Phi) is 92.4. The van der Waals surface area contributed by atoms with Crippen molar-refractivity contribution in [2.45, 2.75) is 0 Å². The van der Waals surface area contributed by atoms with Crippen molar-refractivity contribution in [1.82, 2.24) is 0 Å². The maximum Gasteiger partial charge on any atom is 0 e. The Bertz CT molecular complexity index is 8.00. The van der Waals surface area contributed by atoms with E-state index >= 15 is 0 Å². The largest absolute Gasteiger partial charge is 0 e. The predicted octanol–water partition coefficient (Wildman–Crippen LogP) is -0.126. The molecule has 4 heteroatoms. The molecule has 0 saturated heterocycles. The minimum atomic E-state index is 0. The third-order valence-electron chi connectivity index (χ3n) is 0. The number of rotatable bonds is 0. The normalized spacial score (nSPS) is 1.00. The quantitative estimate of drug-likeness (QED) is 0.434. The third kappa shape index (κ3) is 9.23. The van der Waals surface area contributed by atoms with E-state index in [9.17, 15) is 0 Å². The molecular weight excluding hydrogens is 489 g/mol. The van der Waals surface area contributed by atoms with Crippen LogP contribution < -0.4 is 0 Å². The number of hydrogen-bond acceptors (Lipinski definition) is 1. The summed E-state index contributed by atoms with van der Waals surface area (Å²) >= 11 is 0.333. The first-order chi connectivity index (χ1) is 1.00. The Morgan fingerprint density at radius 1 is 1.25 bits per heavy atom. The monoisotopic (exact) mass is 490 g/mol. The molecule has 0 spiro atoms. The summed E-state index contributed by atoms with van der Waals surface area (Å²) in [5, 5.41) is 0. The number of hydrogen-bond donors (Lipinski definition) is 0. The predicted molar refractivity (Wildman–Crippen MR) is 0.686 cm³/mol. The van der Waals surface area contributed by atoms with Crippen molar-refractivity contribution >= 4 is 0 Å². The van der Waals surface area contributed by atoms with Crippen LogP contribution in [0.15, 0.2) is 0 Å². The minimum absolute atomic E-state index is 0. The van der Waals surface area contributed by atoms with Crippen LogP contribution in [0.2, 0.25) is 0 Å². The summed E-state index contributed by atoms with van der Waals surface area (Å²) in [6.07, 6.45) is 0. The van der Waals surface area contributed by atoms with Crippen LogP contribution in [0.4, 0.5) is 0 Å². The molecule has 0 heterocycles. The summed E-state index contributed by atoms with van der Waals surface area (Å²) in [6, 6.07) is 0. The Morgan fingerprint density at radius 3 is 1.25 bits per heavy atom. The van der Waals surface area contributed by atoms with E-state index in [1.54, 1.807) is 0 Å². The van der Waals surface area contributed by atoms with Crippen molar-refractivity contribution in [3.05, 3.63) is 0 Å². The SMILES string of the molecule is [O]=[W].[Re].[Rh]. The third-order valence-corrected chi connectivity index (χ3v) is 0. The molecule has 2 radical (unpaired) electrons. The second-order valence-electron chi connectivity index (χ2n) is 0. The smallest absolute Gasteiger partial charge is 0 e. The van der Waals surface area contributed by atoms with Gasteiger partial charge in [0.2, 0.25) is 0 Å². The molecule has 0 saturated carbocycles. The summed E-state index contributed by atoms with van der Waals surface area (Å²) in [5.74, 6) is 0. The first-order valence-corrected chi connectivity index (χ1v) is 1.36. The van der Waals surface area contributed by atoms with E-state index in [1.807, 2.05) is 0 Å². The van der Waals surface area contributed by atoms with Gasteiger partial charge in [0.15, 0.2) is 0 Å². The van der Waals surface area contributed by atoms with Crippen LogP contribution in [0.1, 0.15) is 0 Å². The second kappa shape index (κ2) is 21.6. The van der Waals surface area contributed by atoms with Crippen LogP contribution in [0, 0.1) is 0 Å². The van der Waals surface area contributed by atoms with Crippen LogP contribution in [0.3, 0.4) is 0 Å². The molecule has 0 amide bonds. The van der Waals surface area contributed by atoms with E-state index in [0.717, 1.165) is 0 Å². The van der Waals surface area contributed by atoms with Crippen LogP contribution in [-0.2, 0) is 63.1 Å². The standard InChI is InChI=1S/O.Re.Rh.W. The molecule has 0 rings (SSSR count). The van der Waals surface area contributed by atoms with Gasteiger partial charge >= 0.3 is 23.2 Å². The van der Waals surface area contributed by atoms with Crippen molar-refractivity contribution in [2.75, 3.05) is 0 Å². The molecule has 0 fully saturated rings. The van der Waals surface area contributed by atoms with Gasteiger partial charge in [-0.15, -0.1) is 0 Å². The molecule has 0 unspecified atom stereocenters. The van der Waals surface area contributed by atoms with Gasteiger partial charge in [-0.2, -0.15) is 0 Å². The molecule has 0 bridgehead atoms. The van der Waals surface area contributed by atoms with Crippen molar-refractivity contribution in [2.24, 2.45) is 0 Å². The van der Waals surface area contributed by atoms with Gasteiger partial charge in [0, 0.05) is 39.9 Å². The molecule has 0 aliphatic heterocycles. The Hall–Kier alpha value is 1.77. The zero-order chi connectivity index (χ0) is 2.00. The van der Waals surface area contributed by atoms with Gasteiger partial charge in [0.05, 0.1) is 0 Å². The second-order valence-corrected chi connectivity index (χ2v) is 0. The molecule has 4 heavy (non-hydrogen) atoms. The van der Waals surface area contributed by atoms with Crippen LogP contribution >= 0.6 is 0 Å². The maximum absolute atomic E-state index is 8.33. The molecule has 0 atom stereocenters. The molecule has 28 valence electrons. The molecule has 0 aromatic rings. The summed E-state index contributed by atoms with van der Waals surface area (Å²) in [4.78, 5) is 0. The van der Waals surface area contributed by atoms with Gasteiger partial charge in [-0.3, -0.25) is 0 Å². The first-order valence-electron chi connectivity index (χ1n) is 0.167. The molecular formula is OReRhW. The van der Waals surface area contributed by atoms with E-state index in [0.29, 0.717) is 19.8 Å². The molecule has 0 aliphatic carbocycles. The summed E-state index contributed by atoms with van der Waals surface area (Å²) in [5.41, 5.74) is 0. The Balaban J connectivity index is -0.00000000500. The van der Waals surface area contributed by atoms with Crippen molar-refractivity contribution in [3.8, 4) is 0 Å². The van der Waals surface area contributed by atoms with E-state index in [-0.39, 0.29) is 39.9 Å². The molecule has 0 aromatic carbocycles. The molecule has 1 nitrogen and oxygen atoms in total. The molecule has 0 aromatic heterocycles. The van der Waals surface area contributed by atoms with Gasteiger partial charge < -0.3 is 0 Å². The van der Waals surface area contributed by atoms with Gasteiger partial charge in [-0.05, 0) is 0 Å². The van der Waals surface area contributed by atoms with Gasteiger partial charge in [0.1, 0.15) is 0 Å². The zero-order valence-corrected chi connectivity index (χ0v) is 8.82. The fraction of sp³-hybridized carbons (Fsp3) is 0. The van der Waals surface area contributed by atoms with Crippen LogP contribution in [0.25, 0.3) is 0 Å². The zero-order valence-electron chi connectivity index (χ0n) is 1.53.